The predicted molar refractivity (Wildman–Crippen MR) is 116 cm³/mol. The lowest BCUT2D eigenvalue weighted by Crippen LogP contribution is -2.43. The number of rotatable bonds is 10. The molecule has 1 aromatic carbocycles. The molecule has 10 heteroatoms. The van der Waals surface area contributed by atoms with Crippen molar-refractivity contribution in [1.82, 2.24) is 15.5 Å². The Kier molecular flexibility index (Phi) is 13.3. The summed E-state index contributed by atoms with van der Waals surface area (Å²) in [5, 5.41) is 6.02. The lowest BCUT2D eigenvalue weighted by molar-refractivity contribution is -0.127. The van der Waals surface area contributed by atoms with Gasteiger partial charge in [-0.2, -0.15) is 8.78 Å². The molecule has 0 fully saturated rings. The summed E-state index contributed by atoms with van der Waals surface area (Å²) in [4.78, 5) is 17.6. The standard InChI is InChI=1S/C18H28F2N4O3.HI/c1-5-10-21-18(23-12-15(25)24(3)4)22-11-13-8-7-9-14(26-6-2)16(13)27-17(19)20;/h7-9,17H,5-6,10-12H2,1-4H3,(H2,21,22,23);1H. The summed E-state index contributed by atoms with van der Waals surface area (Å²) in [5.74, 6) is 0.513. The van der Waals surface area contributed by atoms with Crippen molar-refractivity contribution in [3.63, 3.8) is 0 Å². The summed E-state index contributed by atoms with van der Waals surface area (Å²) in [6.07, 6.45) is 0.863. The molecule has 0 aromatic heterocycles. The second-order valence-corrected chi connectivity index (χ2v) is 5.79. The number of hydrogen-bond donors (Lipinski definition) is 2. The number of ether oxygens (including phenoxy) is 2. The third-order valence-electron chi connectivity index (χ3n) is 3.42. The number of carbonyl (C=O) groups excluding carboxylic acids is 1. The molecule has 2 N–H and O–H groups in total. The van der Waals surface area contributed by atoms with Gasteiger partial charge in [-0.05, 0) is 19.4 Å². The van der Waals surface area contributed by atoms with Crippen molar-refractivity contribution in [2.24, 2.45) is 4.99 Å². The first-order valence-electron chi connectivity index (χ1n) is 8.80. The van der Waals surface area contributed by atoms with Gasteiger partial charge in [0, 0.05) is 26.2 Å². The minimum atomic E-state index is -2.97. The van der Waals surface area contributed by atoms with Crippen molar-refractivity contribution in [2.75, 3.05) is 33.8 Å². The number of nitrogens with one attached hydrogen (secondary N) is 2. The van der Waals surface area contributed by atoms with Crippen LogP contribution in [0.15, 0.2) is 23.2 Å². The van der Waals surface area contributed by atoms with Crippen molar-refractivity contribution in [2.45, 2.75) is 33.4 Å². The van der Waals surface area contributed by atoms with E-state index in [1.165, 1.54) is 4.90 Å². The van der Waals surface area contributed by atoms with Crippen LogP contribution in [0.5, 0.6) is 11.5 Å². The maximum atomic E-state index is 12.8. The van der Waals surface area contributed by atoms with Crippen LogP contribution in [0.25, 0.3) is 0 Å². The van der Waals surface area contributed by atoms with Gasteiger partial charge in [-0.3, -0.25) is 4.79 Å². The zero-order valence-corrected chi connectivity index (χ0v) is 19.0. The van der Waals surface area contributed by atoms with Crippen LogP contribution in [0.1, 0.15) is 25.8 Å². The second-order valence-electron chi connectivity index (χ2n) is 5.79. The summed E-state index contributed by atoms with van der Waals surface area (Å²) in [6.45, 7) is 1.92. The number of benzene rings is 1. The molecular weight excluding hydrogens is 485 g/mol. The van der Waals surface area contributed by atoms with E-state index in [-0.39, 0.29) is 54.5 Å². The first-order valence-corrected chi connectivity index (χ1v) is 8.80. The molecule has 0 heterocycles. The Bertz CT molecular complexity index is 631. The fraction of sp³-hybridized carbons (Fsp3) is 0.556. The Morgan fingerprint density at radius 1 is 1.25 bits per heavy atom. The van der Waals surface area contributed by atoms with Crippen molar-refractivity contribution < 1.29 is 23.0 Å². The Morgan fingerprint density at radius 2 is 1.96 bits per heavy atom. The lowest BCUT2D eigenvalue weighted by Gasteiger charge is -2.16. The average molecular weight is 514 g/mol. The highest BCUT2D eigenvalue weighted by atomic mass is 127. The van der Waals surface area contributed by atoms with Crippen molar-refractivity contribution in [3.8, 4) is 11.5 Å². The first kappa shape index (κ1) is 26.1. The van der Waals surface area contributed by atoms with Crippen LogP contribution in [0, 0.1) is 0 Å². The summed E-state index contributed by atoms with van der Waals surface area (Å²) in [5.41, 5.74) is 0.456. The first-order chi connectivity index (χ1) is 12.9. The Balaban J connectivity index is 0.00000729. The van der Waals surface area contributed by atoms with Crippen LogP contribution in [-0.4, -0.2) is 57.2 Å². The van der Waals surface area contributed by atoms with E-state index < -0.39 is 6.61 Å². The number of hydrogen-bond acceptors (Lipinski definition) is 4. The highest BCUT2D eigenvalue weighted by Gasteiger charge is 2.16. The number of carbonyl (C=O) groups is 1. The molecule has 0 aliphatic carbocycles. The van der Waals surface area contributed by atoms with Crippen molar-refractivity contribution in [3.05, 3.63) is 23.8 Å². The van der Waals surface area contributed by atoms with E-state index in [0.29, 0.717) is 24.7 Å². The Hall–Kier alpha value is -1.85. The third kappa shape index (κ3) is 9.38. The molecule has 1 aromatic rings. The fourth-order valence-electron chi connectivity index (χ4n) is 2.08. The lowest BCUT2D eigenvalue weighted by atomic mass is 10.2. The van der Waals surface area contributed by atoms with Crippen LogP contribution in [-0.2, 0) is 11.3 Å². The summed E-state index contributed by atoms with van der Waals surface area (Å²) < 4.78 is 35.6. The molecule has 0 bridgehead atoms. The number of alkyl halides is 2. The van der Waals surface area contributed by atoms with Gasteiger partial charge < -0.3 is 25.0 Å². The average Bonchev–Trinajstić information content (AvgIpc) is 2.62. The molecule has 0 radical (unpaired) electrons. The number of likely N-dealkylation sites (N-methyl/N-ethyl adjacent to an activating group) is 1. The van der Waals surface area contributed by atoms with Gasteiger partial charge in [-0.15, -0.1) is 24.0 Å². The van der Waals surface area contributed by atoms with E-state index >= 15 is 0 Å². The number of guanidine groups is 1. The predicted octanol–water partition coefficient (Wildman–Crippen LogP) is 2.84. The summed E-state index contributed by atoms with van der Waals surface area (Å²) in [7, 11) is 3.32. The molecule has 0 saturated carbocycles. The molecule has 7 nitrogen and oxygen atoms in total. The maximum Gasteiger partial charge on any atom is 0.387 e. The normalized spacial score (nSPS) is 10.9. The SMILES string of the molecule is CCCNC(=NCc1cccc(OCC)c1OC(F)F)NCC(=O)N(C)C.I. The number of halogens is 3. The van der Waals surface area contributed by atoms with Gasteiger partial charge in [-0.1, -0.05) is 19.1 Å². The topological polar surface area (TPSA) is 75.2 Å². The molecule has 1 amide bonds. The van der Waals surface area contributed by atoms with Crippen LogP contribution in [0.4, 0.5) is 8.78 Å². The quantitative estimate of drug-likeness (QED) is 0.286. The van der Waals surface area contributed by atoms with E-state index in [1.54, 1.807) is 39.2 Å². The molecule has 28 heavy (non-hydrogen) atoms. The van der Waals surface area contributed by atoms with E-state index in [9.17, 15) is 13.6 Å². The van der Waals surface area contributed by atoms with Crippen LogP contribution in [0.3, 0.4) is 0 Å². The molecule has 160 valence electrons. The van der Waals surface area contributed by atoms with Gasteiger partial charge >= 0.3 is 6.61 Å². The number of para-hydroxylation sites is 1. The fourth-order valence-corrected chi connectivity index (χ4v) is 2.08. The van der Waals surface area contributed by atoms with Crippen molar-refractivity contribution >= 4 is 35.8 Å². The zero-order chi connectivity index (χ0) is 20.2. The Labute approximate surface area is 181 Å². The van der Waals surface area contributed by atoms with Gasteiger partial charge in [-0.25, -0.2) is 4.99 Å². The van der Waals surface area contributed by atoms with Gasteiger partial charge in [0.1, 0.15) is 0 Å². The van der Waals surface area contributed by atoms with E-state index in [2.05, 4.69) is 20.4 Å². The van der Waals surface area contributed by atoms with Gasteiger partial charge in [0.05, 0.1) is 19.7 Å². The number of nitrogens with zero attached hydrogens (tertiary/aromatic N) is 2. The molecule has 0 spiro atoms. The van der Waals surface area contributed by atoms with Gasteiger partial charge in [0.2, 0.25) is 5.91 Å². The van der Waals surface area contributed by atoms with E-state index in [1.807, 2.05) is 6.92 Å². The minimum absolute atomic E-state index is 0. The van der Waals surface area contributed by atoms with Crippen LogP contribution >= 0.6 is 24.0 Å². The maximum absolute atomic E-state index is 12.8. The molecule has 0 unspecified atom stereocenters. The number of aliphatic imine (C=N–C) groups is 1. The summed E-state index contributed by atoms with van der Waals surface area (Å²) in [6, 6.07) is 4.90. The smallest absolute Gasteiger partial charge is 0.387 e. The minimum Gasteiger partial charge on any atom is -0.490 e. The van der Waals surface area contributed by atoms with Crippen LogP contribution < -0.4 is 20.1 Å². The van der Waals surface area contributed by atoms with Crippen molar-refractivity contribution in [1.29, 1.82) is 0 Å². The van der Waals surface area contributed by atoms with Gasteiger partial charge in [0.25, 0.3) is 0 Å². The zero-order valence-electron chi connectivity index (χ0n) is 16.6. The van der Waals surface area contributed by atoms with Crippen LogP contribution in [0.2, 0.25) is 0 Å². The van der Waals surface area contributed by atoms with E-state index in [4.69, 9.17) is 4.74 Å². The molecule has 0 aliphatic rings. The monoisotopic (exact) mass is 514 g/mol. The Morgan fingerprint density at radius 3 is 2.54 bits per heavy atom. The second kappa shape index (κ2) is 14.2. The third-order valence-corrected chi connectivity index (χ3v) is 3.42. The largest absolute Gasteiger partial charge is 0.490 e. The number of amides is 1. The highest BCUT2D eigenvalue weighted by Crippen LogP contribution is 2.33. The van der Waals surface area contributed by atoms with E-state index in [0.717, 1.165) is 6.42 Å². The molecule has 0 aliphatic heterocycles. The molecular formula is C18H29F2IN4O3. The molecule has 0 atom stereocenters. The molecule has 1 rings (SSSR count). The summed E-state index contributed by atoms with van der Waals surface area (Å²) >= 11 is 0. The molecule has 0 saturated heterocycles. The highest BCUT2D eigenvalue weighted by molar-refractivity contribution is 14.0. The van der Waals surface area contributed by atoms with Gasteiger partial charge in [0.15, 0.2) is 17.5 Å².